The molecule has 0 radical (unpaired) electrons. The molecule has 1 rings (SSSR count). The molecule has 0 saturated heterocycles. The first-order chi connectivity index (χ1) is 8.52. The van der Waals surface area contributed by atoms with Crippen molar-refractivity contribution >= 4 is 5.91 Å². The zero-order valence-corrected chi connectivity index (χ0v) is 11.3. The van der Waals surface area contributed by atoms with Crippen LogP contribution >= 0.6 is 0 Å². The zero-order valence-electron chi connectivity index (χ0n) is 11.3. The minimum Gasteiger partial charge on any atom is -0.491 e. The van der Waals surface area contributed by atoms with Crippen LogP contribution in [0.25, 0.3) is 0 Å². The molecule has 2 N–H and O–H groups in total. The van der Waals surface area contributed by atoms with Crippen LogP contribution in [0.2, 0.25) is 0 Å². The number of amides is 1. The lowest BCUT2D eigenvalue weighted by molar-refractivity contribution is -0.128. The van der Waals surface area contributed by atoms with Gasteiger partial charge in [-0.25, -0.2) is 0 Å². The summed E-state index contributed by atoms with van der Waals surface area (Å²) in [5.41, 5.74) is 6.48. The van der Waals surface area contributed by atoms with Crippen LogP contribution in [-0.4, -0.2) is 37.0 Å². The van der Waals surface area contributed by atoms with Crippen molar-refractivity contribution in [1.29, 1.82) is 0 Å². The second-order valence-corrected chi connectivity index (χ2v) is 4.58. The first-order valence-electron chi connectivity index (χ1n) is 6.22. The molecule has 0 aliphatic heterocycles. The Balaban J connectivity index is 2.46. The monoisotopic (exact) mass is 250 g/mol. The molecule has 1 amide bonds. The van der Waals surface area contributed by atoms with E-state index < -0.39 is 0 Å². The van der Waals surface area contributed by atoms with Gasteiger partial charge in [0.25, 0.3) is 0 Å². The van der Waals surface area contributed by atoms with Crippen molar-refractivity contribution in [1.82, 2.24) is 4.90 Å². The van der Waals surface area contributed by atoms with Crippen LogP contribution in [0, 0.1) is 0 Å². The highest BCUT2D eigenvalue weighted by Gasteiger charge is 2.06. The van der Waals surface area contributed by atoms with E-state index in [0.717, 1.165) is 12.2 Å². The Labute approximate surface area is 109 Å². The molecular weight excluding hydrogens is 228 g/mol. The van der Waals surface area contributed by atoms with Gasteiger partial charge in [0.15, 0.2) is 0 Å². The number of ether oxygens (including phenoxy) is 1. The molecule has 18 heavy (non-hydrogen) atoms. The fraction of sp³-hybridized carbons (Fsp3) is 0.500. The number of likely N-dealkylation sites (N-methyl/N-ethyl adjacent to an activating group) is 1. The van der Waals surface area contributed by atoms with Crippen LogP contribution in [-0.2, 0) is 11.2 Å². The molecule has 0 spiro atoms. The number of hydrogen-bond acceptors (Lipinski definition) is 3. The quantitative estimate of drug-likeness (QED) is 0.831. The average Bonchev–Trinajstić information content (AvgIpc) is 2.36. The number of hydrogen-bond donors (Lipinski definition) is 1. The molecule has 0 aliphatic rings. The van der Waals surface area contributed by atoms with Crippen molar-refractivity contribution in [2.45, 2.75) is 26.4 Å². The maximum absolute atomic E-state index is 11.3. The lowest BCUT2D eigenvalue weighted by atomic mass is 10.1. The lowest BCUT2D eigenvalue weighted by Gasteiger charge is -2.16. The molecule has 0 bridgehead atoms. The highest BCUT2D eigenvalue weighted by Crippen LogP contribution is 2.14. The van der Waals surface area contributed by atoms with E-state index in [9.17, 15) is 4.79 Å². The van der Waals surface area contributed by atoms with E-state index in [4.69, 9.17) is 10.5 Å². The fourth-order valence-electron chi connectivity index (χ4n) is 1.58. The van der Waals surface area contributed by atoms with E-state index in [1.807, 2.05) is 38.1 Å². The third-order valence-corrected chi connectivity index (χ3v) is 2.63. The molecule has 4 nitrogen and oxygen atoms in total. The van der Waals surface area contributed by atoms with Crippen LogP contribution in [0.4, 0.5) is 0 Å². The van der Waals surface area contributed by atoms with Crippen molar-refractivity contribution in [2.75, 3.05) is 20.1 Å². The maximum atomic E-state index is 11.3. The van der Waals surface area contributed by atoms with Gasteiger partial charge in [0, 0.05) is 13.6 Å². The zero-order chi connectivity index (χ0) is 13.5. The Hall–Kier alpha value is -1.55. The van der Waals surface area contributed by atoms with E-state index >= 15 is 0 Å². The third kappa shape index (κ3) is 4.75. The second kappa shape index (κ2) is 7.01. The van der Waals surface area contributed by atoms with Gasteiger partial charge in [0.2, 0.25) is 5.91 Å². The maximum Gasteiger partial charge on any atom is 0.236 e. The predicted octanol–water partition coefficient (Wildman–Crippen LogP) is 1.43. The molecule has 0 saturated carbocycles. The summed E-state index contributed by atoms with van der Waals surface area (Å²) in [5.74, 6) is 0.843. The molecular formula is C14H22N2O2. The smallest absolute Gasteiger partial charge is 0.236 e. The van der Waals surface area contributed by atoms with Gasteiger partial charge in [-0.05, 0) is 38.0 Å². The molecule has 1 aromatic carbocycles. The topological polar surface area (TPSA) is 55.6 Å². The van der Waals surface area contributed by atoms with E-state index in [2.05, 4.69) is 0 Å². The van der Waals surface area contributed by atoms with Gasteiger partial charge >= 0.3 is 0 Å². The summed E-state index contributed by atoms with van der Waals surface area (Å²) in [6.07, 6.45) is 1.01. The van der Waals surface area contributed by atoms with Gasteiger partial charge in [-0.15, -0.1) is 0 Å². The SMILES string of the molecule is CC(C)Oc1ccc(CCN(C)C(=O)CN)cc1. The molecule has 0 aromatic heterocycles. The standard InChI is InChI=1S/C14H22N2O2/c1-11(2)18-13-6-4-12(5-7-13)8-9-16(3)14(17)10-15/h4-7,11H,8-10,15H2,1-3H3. The highest BCUT2D eigenvalue weighted by atomic mass is 16.5. The van der Waals surface area contributed by atoms with Crippen molar-refractivity contribution in [3.05, 3.63) is 29.8 Å². The summed E-state index contributed by atoms with van der Waals surface area (Å²) in [6, 6.07) is 7.97. The van der Waals surface area contributed by atoms with Gasteiger partial charge in [-0.3, -0.25) is 4.79 Å². The van der Waals surface area contributed by atoms with Crippen molar-refractivity contribution < 1.29 is 9.53 Å². The van der Waals surface area contributed by atoms with E-state index in [1.54, 1.807) is 11.9 Å². The Bertz CT molecular complexity index is 374. The molecule has 4 heteroatoms. The largest absolute Gasteiger partial charge is 0.491 e. The molecule has 1 aromatic rings. The van der Waals surface area contributed by atoms with Gasteiger partial charge in [-0.1, -0.05) is 12.1 Å². The molecule has 0 atom stereocenters. The van der Waals surface area contributed by atoms with Crippen LogP contribution < -0.4 is 10.5 Å². The second-order valence-electron chi connectivity index (χ2n) is 4.58. The van der Waals surface area contributed by atoms with Crippen molar-refractivity contribution in [3.63, 3.8) is 0 Å². The Morgan fingerprint density at radius 1 is 1.33 bits per heavy atom. The number of carbonyl (C=O) groups is 1. The number of carbonyl (C=O) groups excluding carboxylic acids is 1. The van der Waals surface area contributed by atoms with Gasteiger partial charge in [0.05, 0.1) is 12.6 Å². The normalized spacial score (nSPS) is 10.5. The first kappa shape index (κ1) is 14.5. The van der Waals surface area contributed by atoms with Crippen LogP contribution in [0.5, 0.6) is 5.75 Å². The summed E-state index contributed by atoms with van der Waals surface area (Å²) >= 11 is 0. The molecule has 100 valence electrons. The molecule has 0 unspecified atom stereocenters. The molecule has 0 fully saturated rings. The minimum atomic E-state index is -0.0326. The lowest BCUT2D eigenvalue weighted by Crippen LogP contribution is -2.34. The van der Waals surface area contributed by atoms with E-state index in [-0.39, 0.29) is 18.6 Å². The summed E-state index contributed by atoms with van der Waals surface area (Å²) in [6.45, 7) is 4.75. The summed E-state index contributed by atoms with van der Waals surface area (Å²) in [7, 11) is 1.77. The average molecular weight is 250 g/mol. The van der Waals surface area contributed by atoms with Crippen LogP contribution in [0.3, 0.4) is 0 Å². The van der Waals surface area contributed by atoms with Crippen molar-refractivity contribution in [3.8, 4) is 5.75 Å². The van der Waals surface area contributed by atoms with Crippen LogP contribution in [0.15, 0.2) is 24.3 Å². The highest BCUT2D eigenvalue weighted by molar-refractivity contribution is 5.77. The Kier molecular flexibility index (Phi) is 5.65. The minimum absolute atomic E-state index is 0.0326. The van der Waals surface area contributed by atoms with E-state index in [0.29, 0.717) is 6.54 Å². The summed E-state index contributed by atoms with van der Waals surface area (Å²) < 4.78 is 5.57. The molecule has 0 aliphatic carbocycles. The number of nitrogens with zero attached hydrogens (tertiary/aromatic N) is 1. The van der Waals surface area contributed by atoms with E-state index in [1.165, 1.54) is 5.56 Å². The summed E-state index contributed by atoms with van der Waals surface area (Å²) in [4.78, 5) is 12.9. The van der Waals surface area contributed by atoms with Gasteiger partial charge in [0.1, 0.15) is 5.75 Å². The fourth-order valence-corrected chi connectivity index (χ4v) is 1.58. The van der Waals surface area contributed by atoms with Gasteiger partial charge < -0.3 is 15.4 Å². The number of benzene rings is 1. The van der Waals surface area contributed by atoms with Crippen LogP contribution in [0.1, 0.15) is 19.4 Å². The molecule has 0 heterocycles. The number of nitrogens with two attached hydrogens (primary N) is 1. The number of rotatable bonds is 6. The third-order valence-electron chi connectivity index (χ3n) is 2.63. The van der Waals surface area contributed by atoms with Gasteiger partial charge in [-0.2, -0.15) is 0 Å². The Morgan fingerprint density at radius 2 is 1.94 bits per heavy atom. The Morgan fingerprint density at radius 3 is 2.44 bits per heavy atom. The predicted molar refractivity (Wildman–Crippen MR) is 72.6 cm³/mol. The summed E-state index contributed by atoms with van der Waals surface area (Å²) in [5, 5.41) is 0. The van der Waals surface area contributed by atoms with Crippen molar-refractivity contribution in [2.24, 2.45) is 5.73 Å². The first-order valence-corrected chi connectivity index (χ1v) is 6.22.